The van der Waals surface area contributed by atoms with E-state index in [-0.39, 0.29) is 5.91 Å². The molecule has 1 aromatic carbocycles. The number of halogens is 1. The van der Waals surface area contributed by atoms with Crippen molar-refractivity contribution in [1.29, 1.82) is 0 Å². The van der Waals surface area contributed by atoms with Gasteiger partial charge in [-0.15, -0.1) is 0 Å². The van der Waals surface area contributed by atoms with Crippen molar-refractivity contribution in [3.8, 4) is 0 Å². The molecule has 0 fully saturated rings. The summed E-state index contributed by atoms with van der Waals surface area (Å²) in [6, 6.07) is 9.35. The molecule has 2 aromatic rings. The number of aromatic amines is 1. The quantitative estimate of drug-likeness (QED) is 0.755. The van der Waals surface area contributed by atoms with E-state index in [0.29, 0.717) is 23.8 Å². The van der Waals surface area contributed by atoms with Gasteiger partial charge in [-0.3, -0.25) is 9.89 Å². The van der Waals surface area contributed by atoms with E-state index in [4.69, 9.17) is 11.6 Å². The van der Waals surface area contributed by atoms with Crippen molar-refractivity contribution in [2.75, 3.05) is 26.2 Å². The van der Waals surface area contributed by atoms with Crippen LogP contribution in [0, 0.1) is 0 Å². The number of nitrogens with zero attached hydrogens (tertiary/aromatic N) is 3. The minimum absolute atomic E-state index is 0.0556. The number of likely N-dealkylation sites (N-methyl/N-ethyl adjacent to an activating group) is 1. The summed E-state index contributed by atoms with van der Waals surface area (Å²) in [5.41, 5.74) is 1.45. The van der Waals surface area contributed by atoms with Crippen LogP contribution in [0.15, 0.2) is 36.5 Å². The maximum Gasteiger partial charge on any atom is 0.272 e. The minimum Gasteiger partial charge on any atom is -0.332 e. The fourth-order valence-corrected chi connectivity index (χ4v) is 2.83. The summed E-state index contributed by atoms with van der Waals surface area (Å²) < 4.78 is 0. The lowest BCUT2D eigenvalue weighted by molar-refractivity contribution is 0.0717. The number of rotatable bonds is 9. The lowest BCUT2D eigenvalue weighted by Crippen LogP contribution is -2.38. The van der Waals surface area contributed by atoms with Crippen LogP contribution in [0.1, 0.15) is 36.3 Å². The molecule has 0 unspecified atom stereocenters. The molecule has 0 saturated carbocycles. The monoisotopic (exact) mass is 348 g/mol. The third-order valence-electron chi connectivity index (χ3n) is 4.01. The fraction of sp³-hybridized carbons (Fsp3) is 0.444. The first-order chi connectivity index (χ1) is 11.7. The molecule has 1 aromatic heterocycles. The van der Waals surface area contributed by atoms with Crippen LogP contribution >= 0.6 is 11.6 Å². The Bertz CT molecular complexity index is 630. The normalized spacial score (nSPS) is 11.0. The number of aromatic nitrogens is 2. The Labute approximate surface area is 148 Å². The van der Waals surface area contributed by atoms with Crippen LogP contribution in [0.5, 0.6) is 0 Å². The summed E-state index contributed by atoms with van der Waals surface area (Å²) in [7, 11) is 0. The molecule has 1 heterocycles. The van der Waals surface area contributed by atoms with Crippen LogP contribution in [-0.2, 0) is 6.54 Å². The third kappa shape index (κ3) is 5.08. The molecule has 1 N–H and O–H groups in total. The van der Waals surface area contributed by atoms with Crippen molar-refractivity contribution in [3.05, 3.63) is 52.8 Å². The fourth-order valence-electron chi connectivity index (χ4n) is 2.64. The molecule has 24 heavy (non-hydrogen) atoms. The van der Waals surface area contributed by atoms with Crippen LogP contribution in [0.2, 0.25) is 5.02 Å². The maximum absolute atomic E-state index is 12.8. The number of hydrogen-bond acceptors (Lipinski definition) is 3. The van der Waals surface area contributed by atoms with E-state index >= 15 is 0 Å². The zero-order valence-corrected chi connectivity index (χ0v) is 15.1. The van der Waals surface area contributed by atoms with E-state index in [1.165, 1.54) is 0 Å². The summed E-state index contributed by atoms with van der Waals surface area (Å²) in [5, 5.41) is 7.32. The van der Waals surface area contributed by atoms with E-state index in [2.05, 4.69) is 28.9 Å². The van der Waals surface area contributed by atoms with E-state index in [0.717, 1.165) is 31.6 Å². The van der Waals surface area contributed by atoms with Gasteiger partial charge in [0, 0.05) is 30.9 Å². The second-order valence-electron chi connectivity index (χ2n) is 5.72. The molecule has 5 nitrogen and oxygen atoms in total. The van der Waals surface area contributed by atoms with Gasteiger partial charge in [-0.25, -0.2) is 0 Å². The summed E-state index contributed by atoms with van der Waals surface area (Å²) >= 11 is 6.27. The smallest absolute Gasteiger partial charge is 0.272 e. The molecule has 0 aliphatic rings. The minimum atomic E-state index is -0.0556. The molecule has 0 spiro atoms. The lowest BCUT2D eigenvalue weighted by Gasteiger charge is -2.27. The number of hydrogen-bond donors (Lipinski definition) is 1. The number of benzene rings is 1. The highest BCUT2D eigenvalue weighted by atomic mass is 35.5. The van der Waals surface area contributed by atoms with Crippen molar-refractivity contribution < 1.29 is 4.79 Å². The Hall–Kier alpha value is -1.85. The van der Waals surface area contributed by atoms with Crippen molar-refractivity contribution in [3.63, 3.8) is 0 Å². The molecule has 0 aliphatic heterocycles. The summed E-state index contributed by atoms with van der Waals surface area (Å²) in [6.07, 6.45) is 2.70. The first kappa shape index (κ1) is 18.5. The van der Waals surface area contributed by atoms with Crippen LogP contribution in [0.3, 0.4) is 0 Å². The van der Waals surface area contributed by atoms with E-state index in [1.807, 2.05) is 29.2 Å². The van der Waals surface area contributed by atoms with Crippen molar-refractivity contribution in [2.45, 2.75) is 26.8 Å². The predicted molar refractivity (Wildman–Crippen MR) is 97.2 cm³/mol. The van der Waals surface area contributed by atoms with Gasteiger partial charge < -0.3 is 9.80 Å². The van der Waals surface area contributed by atoms with Gasteiger partial charge in [0.2, 0.25) is 0 Å². The van der Waals surface area contributed by atoms with Gasteiger partial charge in [-0.1, -0.05) is 43.6 Å². The maximum atomic E-state index is 12.8. The Balaban J connectivity index is 2.12. The zero-order valence-electron chi connectivity index (χ0n) is 14.3. The van der Waals surface area contributed by atoms with Crippen LogP contribution in [0.25, 0.3) is 0 Å². The zero-order chi connectivity index (χ0) is 17.4. The second kappa shape index (κ2) is 9.45. The number of amides is 1. The second-order valence-corrected chi connectivity index (χ2v) is 6.13. The largest absolute Gasteiger partial charge is 0.332 e. The highest BCUT2D eigenvalue weighted by molar-refractivity contribution is 6.31. The molecule has 0 aliphatic carbocycles. The molecule has 1 amide bonds. The lowest BCUT2D eigenvalue weighted by atomic mass is 10.2. The number of carbonyl (C=O) groups excluding carboxylic acids is 1. The van der Waals surface area contributed by atoms with Crippen molar-refractivity contribution >= 4 is 17.5 Å². The van der Waals surface area contributed by atoms with Crippen LogP contribution in [-0.4, -0.2) is 52.1 Å². The first-order valence-corrected chi connectivity index (χ1v) is 8.77. The van der Waals surface area contributed by atoms with Crippen molar-refractivity contribution in [2.24, 2.45) is 0 Å². The van der Waals surface area contributed by atoms with Crippen molar-refractivity contribution in [1.82, 2.24) is 20.0 Å². The van der Waals surface area contributed by atoms with Gasteiger partial charge in [0.25, 0.3) is 5.91 Å². The Morgan fingerprint density at radius 1 is 1.17 bits per heavy atom. The van der Waals surface area contributed by atoms with E-state index in [9.17, 15) is 4.79 Å². The van der Waals surface area contributed by atoms with Gasteiger partial charge in [-0.2, -0.15) is 5.10 Å². The van der Waals surface area contributed by atoms with E-state index in [1.54, 1.807) is 12.3 Å². The van der Waals surface area contributed by atoms with Gasteiger partial charge in [0.1, 0.15) is 5.69 Å². The summed E-state index contributed by atoms with van der Waals surface area (Å²) in [6.45, 7) is 8.30. The SMILES string of the molecule is CCCN(CC)CCN(Cc1ccccc1Cl)C(=O)c1ccn[nH]1. The molecular formula is C18H25ClN4O. The van der Waals surface area contributed by atoms with E-state index < -0.39 is 0 Å². The average Bonchev–Trinajstić information content (AvgIpc) is 3.13. The molecular weight excluding hydrogens is 324 g/mol. The van der Waals surface area contributed by atoms with Gasteiger partial charge in [0.05, 0.1) is 0 Å². The Morgan fingerprint density at radius 3 is 2.58 bits per heavy atom. The Morgan fingerprint density at radius 2 is 1.96 bits per heavy atom. The third-order valence-corrected chi connectivity index (χ3v) is 4.38. The number of carbonyl (C=O) groups is 1. The van der Waals surface area contributed by atoms with Gasteiger partial charge in [0.15, 0.2) is 0 Å². The molecule has 130 valence electrons. The summed E-state index contributed by atoms with van der Waals surface area (Å²) in [4.78, 5) is 16.9. The molecule has 0 radical (unpaired) electrons. The molecule has 2 rings (SSSR count). The molecule has 6 heteroatoms. The molecule has 0 saturated heterocycles. The highest BCUT2D eigenvalue weighted by Gasteiger charge is 2.19. The van der Waals surface area contributed by atoms with Crippen LogP contribution < -0.4 is 0 Å². The Kier molecular flexibility index (Phi) is 7.28. The highest BCUT2D eigenvalue weighted by Crippen LogP contribution is 2.18. The number of nitrogens with one attached hydrogen (secondary N) is 1. The molecule has 0 atom stereocenters. The standard InChI is InChI=1S/C18H25ClN4O/c1-3-11-22(4-2)12-13-23(18(24)17-9-10-20-21-17)14-15-7-5-6-8-16(15)19/h5-10H,3-4,11-14H2,1-2H3,(H,20,21). The topological polar surface area (TPSA) is 52.2 Å². The van der Waals surface area contributed by atoms with Crippen LogP contribution in [0.4, 0.5) is 0 Å². The average molecular weight is 349 g/mol. The van der Waals surface area contributed by atoms with Gasteiger partial charge in [-0.05, 0) is 37.2 Å². The van der Waals surface area contributed by atoms with Gasteiger partial charge >= 0.3 is 0 Å². The summed E-state index contributed by atoms with van der Waals surface area (Å²) in [5.74, 6) is -0.0556. The number of H-pyrrole nitrogens is 1. The molecule has 0 bridgehead atoms. The first-order valence-electron chi connectivity index (χ1n) is 8.40. The predicted octanol–water partition coefficient (Wildman–Crippen LogP) is 3.44.